The molecular formula is C10H15NO4. The maximum Gasteiger partial charge on any atom is 0.304 e. The van der Waals surface area contributed by atoms with Gasteiger partial charge in [-0.25, -0.2) is 0 Å². The molecule has 0 saturated carbocycles. The third-order valence-electron chi connectivity index (χ3n) is 2.31. The monoisotopic (exact) mass is 213 g/mol. The van der Waals surface area contributed by atoms with Crippen molar-refractivity contribution in [2.75, 3.05) is 6.54 Å². The van der Waals surface area contributed by atoms with Gasteiger partial charge in [-0.05, 0) is 5.92 Å². The average Bonchev–Trinajstić information content (AvgIpc) is 2.31. The minimum atomic E-state index is -1.03. The first kappa shape index (κ1) is 11.7. The lowest BCUT2D eigenvalue weighted by atomic mass is 10.0. The molecule has 0 aromatic rings. The zero-order valence-electron chi connectivity index (χ0n) is 8.90. The molecule has 0 aromatic carbocycles. The molecule has 1 unspecified atom stereocenters. The minimum Gasteiger partial charge on any atom is -0.481 e. The van der Waals surface area contributed by atoms with Crippen molar-refractivity contribution in [2.24, 2.45) is 11.8 Å². The predicted octanol–water partition coefficient (Wildman–Crippen LogP) is 0.492. The Morgan fingerprint density at radius 3 is 2.60 bits per heavy atom. The first-order valence-corrected chi connectivity index (χ1v) is 4.97. The Kier molecular flexibility index (Phi) is 3.44. The van der Waals surface area contributed by atoms with Crippen molar-refractivity contribution in [3.63, 3.8) is 0 Å². The molecule has 0 aromatic heterocycles. The van der Waals surface area contributed by atoms with Crippen LogP contribution in [0.5, 0.6) is 0 Å². The summed E-state index contributed by atoms with van der Waals surface area (Å²) in [6.45, 7) is 4.20. The molecule has 1 aliphatic heterocycles. The van der Waals surface area contributed by atoms with Gasteiger partial charge in [0.25, 0.3) is 0 Å². The molecule has 0 bridgehead atoms. The zero-order chi connectivity index (χ0) is 11.6. The smallest absolute Gasteiger partial charge is 0.304 e. The number of imide groups is 1. The number of carbonyl (C=O) groups excluding carboxylic acids is 2. The van der Waals surface area contributed by atoms with E-state index in [-0.39, 0.29) is 30.6 Å². The second kappa shape index (κ2) is 4.42. The van der Waals surface area contributed by atoms with Gasteiger partial charge in [0.15, 0.2) is 0 Å². The fraction of sp³-hybridized carbons (Fsp3) is 0.700. The van der Waals surface area contributed by atoms with Crippen molar-refractivity contribution in [1.82, 2.24) is 4.90 Å². The number of likely N-dealkylation sites (tertiary alicyclic amines) is 1. The van der Waals surface area contributed by atoms with Crippen molar-refractivity contribution in [3.8, 4) is 0 Å². The quantitative estimate of drug-likeness (QED) is 0.690. The summed E-state index contributed by atoms with van der Waals surface area (Å²) in [4.78, 5) is 34.7. The van der Waals surface area contributed by atoms with Crippen LogP contribution in [0.15, 0.2) is 0 Å². The molecule has 0 radical (unpaired) electrons. The number of hydrogen-bond acceptors (Lipinski definition) is 3. The second-order valence-corrected chi connectivity index (χ2v) is 4.24. The Balaban J connectivity index is 2.66. The number of hydrogen-bond donors (Lipinski definition) is 1. The molecule has 5 nitrogen and oxygen atoms in total. The normalized spacial score (nSPS) is 21.5. The molecule has 0 aliphatic carbocycles. The van der Waals surface area contributed by atoms with Crippen LogP contribution in [-0.2, 0) is 14.4 Å². The second-order valence-electron chi connectivity index (χ2n) is 4.24. The Hall–Kier alpha value is -1.39. The van der Waals surface area contributed by atoms with Crippen LogP contribution in [0.3, 0.4) is 0 Å². The third-order valence-corrected chi connectivity index (χ3v) is 2.31. The van der Waals surface area contributed by atoms with Gasteiger partial charge in [0, 0.05) is 13.0 Å². The summed E-state index contributed by atoms with van der Waals surface area (Å²) in [5.41, 5.74) is 0. The van der Waals surface area contributed by atoms with E-state index in [1.807, 2.05) is 13.8 Å². The van der Waals surface area contributed by atoms with Gasteiger partial charge in [-0.2, -0.15) is 0 Å². The summed E-state index contributed by atoms with van der Waals surface area (Å²) in [6.07, 6.45) is -0.211. The van der Waals surface area contributed by atoms with Crippen LogP contribution in [0.4, 0.5) is 0 Å². The fourth-order valence-corrected chi connectivity index (χ4v) is 1.68. The van der Waals surface area contributed by atoms with Crippen LogP contribution < -0.4 is 0 Å². The Morgan fingerprint density at radius 1 is 1.53 bits per heavy atom. The lowest BCUT2D eigenvalue weighted by Crippen LogP contribution is -2.34. The molecule has 2 amide bonds. The standard InChI is InChI=1S/C10H15NO4/c1-6(2)5-11-8(12)3-7(10(11)15)4-9(13)14/h6-7H,3-5H2,1-2H3,(H,13,14). The highest BCUT2D eigenvalue weighted by molar-refractivity contribution is 6.04. The molecule has 1 aliphatic rings. The number of nitrogens with zero attached hydrogens (tertiary/aromatic N) is 1. The number of aliphatic carboxylic acids is 1. The van der Waals surface area contributed by atoms with E-state index < -0.39 is 11.9 Å². The summed E-state index contributed by atoms with van der Waals surface area (Å²) in [5.74, 6) is -2.07. The molecule has 1 fully saturated rings. The summed E-state index contributed by atoms with van der Waals surface area (Å²) in [5, 5.41) is 8.56. The average molecular weight is 213 g/mol. The topological polar surface area (TPSA) is 74.7 Å². The van der Waals surface area contributed by atoms with Gasteiger partial charge in [0.2, 0.25) is 11.8 Å². The van der Waals surface area contributed by atoms with E-state index in [0.717, 1.165) is 0 Å². The van der Waals surface area contributed by atoms with Gasteiger partial charge < -0.3 is 5.11 Å². The molecule has 1 atom stereocenters. The minimum absolute atomic E-state index is 0.0395. The van der Waals surface area contributed by atoms with Crippen molar-refractivity contribution in [3.05, 3.63) is 0 Å². The van der Waals surface area contributed by atoms with Gasteiger partial charge in [0.05, 0.1) is 12.3 Å². The summed E-state index contributed by atoms with van der Waals surface area (Å²) in [6, 6.07) is 0. The first-order valence-electron chi connectivity index (χ1n) is 4.97. The zero-order valence-corrected chi connectivity index (χ0v) is 8.90. The van der Waals surface area contributed by atoms with Crippen molar-refractivity contribution in [1.29, 1.82) is 0 Å². The molecule has 1 rings (SSSR count). The molecule has 15 heavy (non-hydrogen) atoms. The highest BCUT2D eigenvalue weighted by Gasteiger charge is 2.39. The molecule has 1 saturated heterocycles. The van der Waals surface area contributed by atoms with Gasteiger partial charge in [-0.1, -0.05) is 13.8 Å². The van der Waals surface area contributed by atoms with Crippen LogP contribution >= 0.6 is 0 Å². The molecule has 0 spiro atoms. The van der Waals surface area contributed by atoms with E-state index in [2.05, 4.69) is 0 Å². The first-order chi connectivity index (χ1) is 6.91. The van der Waals surface area contributed by atoms with Crippen LogP contribution in [0.1, 0.15) is 26.7 Å². The largest absolute Gasteiger partial charge is 0.481 e. The third kappa shape index (κ3) is 2.78. The molecular weight excluding hydrogens is 198 g/mol. The van der Waals surface area contributed by atoms with Crippen LogP contribution in [-0.4, -0.2) is 34.3 Å². The SMILES string of the molecule is CC(C)CN1C(=O)CC(CC(=O)O)C1=O. The van der Waals surface area contributed by atoms with Crippen LogP contribution in [0.25, 0.3) is 0 Å². The lowest BCUT2D eigenvalue weighted by Gasteiger charge is -2.16. The van der Waals surface area contributed by atoms with Crippen molar-refractivity contribution >= 4 is 17.8 Å². The van der Waals surface area contributed by atoms with Gasteiger partial charge in [-0.15, -0.1) is 0 Å². The number of carboxylic acids is 1. The van der Waals surface area contributed by atoms with Gasteiger partial charge >= 0.3 is 5.97 Å². The highest BCUT2D eigenvalue weighted by Crippen LogP contribution is 2.23. The molecule has 5 heteroatoms. The lowest BCUT2D eigenvalue weighted by molar-refractivity contribution is -0.144. The van der Waals surface area contributed by atoms with E-state index in [4.69, 9.17) is 5.11 Å². The van der Waals surface area contributed by atoms with Gasteiger partial charge in [-0.3, -0.25) is 19.3 Å². The summed E-state index contributed by atoms with van der Waals surface area (Å²) in [7, 11) is 0. The van der Waals surface area contributed by atoms with E-state index >= 15 is 0 Å². The number of rotatable bonds is 4. The maximum atomic E-state index is 11.6. The summed E-state index contributed by atoms with van der Waals surface area (Å²) >= 11 is 0. The number of carboxylic acid groups (broad SMARTS) is 1. The van der Waals surface area contributed by atoms with Crippen molar-refractivity contribution < 1.29 is 19.5 Å². The fourth-order valence-electron chi connectivity index (χ4n) is 1.68. The predicted molar refractivity (Wildman–Crippen MR) is 51.9 cm³/mol. The highest BCUT2D eigenvalue weighted by atomic mass is 16.4. The van der Waals surface area contributed by atoms with E-state index in [1.165, 1.54) is 4.90 Å². The number of carbonyl (C=O) groups is 3. The van der Waals surface area contributed by atoms with E-state index in [0.29, 0.717) is 6.54 Å². The Bertz CT molecular complexity index is 298. The Morgan fingerprint density at radius 2 is 2.13 bits per heavy atom. The Labute approximate surface area is 88.1 Å². The van der Waals surface area contributed by atoms with Crippen LogP contribution in [0.2, 0.25) is 0 Å². The molecule has 84 valence electrons. The summed E-state index contributed by atoms with van der Waals surface area (Å²) < 4.78 is 0. The molecule has 1 heterocycles. The molecule has 1 N–H and O–H groups in total. The van der Waals surface area contributed by atoms with Crippen molar-refractivity contribution in [2.45, 2.75) is 26.7 Å². The maximum absolute atomic E-state index is 11.6. The number of amides is 2. The van der Waals surface area contributed by atoms with Crippen LogP contribution in [0, 0.1) is 11.8 Å². The van der Waals surface area contributed by atoms with Gasteiger partial charge in [0.1, 0.15) is 0 Å². The van der Waals surface area contributed by atoms with E-state index in [9.17, 15) is 14.4 Å². The van der Waals surface area contributed by atoms with E-state index in [1.54, 1.807) is 0 Å².